The maximum atomic E-state index is 12.5. The van der Waals surface area contributed by atoms with Crippen molar-refractivity contribution < 1.29 is 9.90 Å². The fourth-order valence-electron chi connectivity index (χ4n) is 2.76. The zero-order chi connectivity index (χ0) is 13.9. The van der Waals surface area contributed by atoms with Gasteiger partial charge in [0.15, 0.2) is 0 Å². The van der Waals surface area contributed by atoms with Gasteiger partial charge in [0.2, 0.25) is 5.91 Å². The number of piperidine rings is 1. The highest BCUT2D eigenvalue weighted by Gasteiger charge is 2.35. The lowest BCUT2D eigenvalue weighted by Gasteiger charge is -2.41. The molecule has 106 valence electrons. The van der Waals surface area contributed by atoms with Crippen LogP contribution in [0.3, 0.4) is 0 Å². The number of carbonyl (C=O) groups excluding carboxylic acids is 1. The highest BCUT2D eigenvalue weighted by molar-refractivity contribution is 7.08. The number of aliphatic hydroxyl groups is 1. The van der Waals surface area contributed by atoms with Crippen molar-refractivity contribution in [2.24, 2.45) is 5.41 Å². The second-order valence-electron chi connectivity index (χ2n) is 5.62. The van der Waals surface area contributed by atoms with Crippen LogP contribution in [-0.2, 0) is 4.79 Å². The minimum absolute atomic E-state index is 0.0440. The smallest absolute Gasteiger partial charge is 0.229 e. The molecule has 1 N–H and O–H groups in total. The summed E-state index contributed by atoms with van der Waals surface area (Å²) in [6.07, 6.45) is 2.83. The minimum Gasteiger partial charge on any atom is -0.396 e. The lowest BCUT2D eigenvalue weighted by Crippen LogP contribution is -2.45. The summed E-state index contributed by atoms with van der Waals surface area (Å²) in [6.45, 7) is 5.91. The van der Waals surface area contributed by atoms with E-state index < -0.39 is 0 Å². The molecule has 1 saturated heterocycles. The van der Waals surface area contributed by atoms with Crippen LogP contribution in [0.15, 0.2) is 16.8 Å². The largest absolute Gasteiger partial charge is 0.396 e. The van der Waals surface area contributed by atoms with Crippen molar-refractivity contribution in [3.8, 4) is 0 Å². The summed E-state index contributed by atoms with van der Waals surface area (Å²) in [5.41, 5.74) is 1.16. The molecule has 1 aromatic heterocycles. The maximum absolute atomic E-state index is 12.5. The molecule has 1 amide bonds. The monoisotopic (exact) mass is 281 g/mol. The van der Waals surface area contributed by atoms with Crippen LogP contribution in [0.1, 0.15) is 44.6 Å². The molecule has 1 unspecified atom stereocenters. The van der Waals surface area contributed by atoms with E-state index in [0.29, 0.717) is 0 Å². The van der Waals surface area contributed by atoms with E-state index in [4.69, 9.17) is 0 Å². The van der Waals surface area contributed by atoms with Gasteiger partial charge in [0.25, 0.3) is 0 Å². The van der Waals surface area contributed by atoms with E-state index in [1.165, 1.54) is 0 Å². The van der Waals surface area contributed by atoms with Crippen LogP contribution in [-0.4, -0.2) is 35.6 Å². The summed E-state index contributed by atoms with van der Waals surface area (Å²) in [4.78, 5) is 14.4. The van der Waals surface area contributed by atoms with E-state index in [-0.39, 0.29) is 23.8 Å². The van der Waals surface area contributed by atoms with Crippen LogP contribution in [0.2, 0.25) is 0 Å². The zero-order valence-electron chi connectivity index (χ0n) is 11.8. The Labute approximate surface area is 119 Å². The van der Waals surface area contributed by atoms with E-state index >= 15 is 0 Å². The molecule has 0 aliphatic carbocycles. The molecular weight excluding hydrogens is 258 g/mol. The lowest BCUT2D eigenvalue weighted by atomic mass is 9.77. The summed E-state index contributed by atoms with van der Waals surface area (Å²) in [7, 11) is 0. The summed E-state index contributed by atoms with van der Waals surface area (Å²) < 4.78 is 0. The van der Waals surface area contributed by atoms with Crippen molar-refractivity contribution in [3.63, 3.8) is 0 Å². The predicted molar refractivity (Wildman–Crippen MR) is 78.4 cm³/mol. The standard InChI is InChI=1S/C15H23NO2S/c1-3-15(11-17)5-7-16(8-6-15)14(18)12(2)13-4-9-19-10-13/h4,9-10,12,17H,3,5-8,11H2,1-2H3. The Bertz CT molecular complexity index is 402. The summed E-state index contributed by atoms with van der Waals surface area (Å²) >= 11 is 1.64. The Hall–Kier alpha value is -0.870. The molecule has 1 atom stereocenters. The van der Waals surface area contributed by atoms with Crippen molar-refractivity contribution in [2.75, 3.05) is 19.7 Å². The molecule has 2 rings (SSSR count). The zero-order valence-corrected chi connectivity index (χ0v) is 12.6. The van der Waals surface area contributed by atoms with Gasteiger partial charge < -0.3 is 10.0 Å². The number of carbonyl (C=O) groups is 1. The maximum Gasteiger partial charge on any atom is 0.229 e. The van der Waals surface area contributed by atoms with Crippen LogP contribution in [0.4, 0.5) is 0 Å². The predicted octanol–water partition coefficient (Wildman–Crippen LogP) is 2.86. The summed E-state index contributed by atoms with van der Waals surface area (Å²) in [5, 5.41) is 13.6. The molecule has 0 bridgehead atoms. The molecule has 1 fully saturated rings. The van der Waals surface area contributed by atoms with Crippen molar-refractivity contribution in [1.29, 1.82) is 0 Å². The van der Waals surface area contributed by atoms with Gasteiger partial charge in [-0.2, -0.15) is 11.3 Å². The quantitative estimate of drug-likeness (QED) is 0.922. The number of aliphatic hydroxyl groups excluding tert-OH is 1. The fraction of sp³-hybridized carbons (Fsp3) is 0.667. The molecule has 3 nitrogen and oxygen atoms in total. The van der Waals surface area contributed by atoms with Gasteiger partial charge in [-0.3, -0.25) is 4.79 Å². The molecule has 2 heterocycles. The number of amides is 1. The van der Waals surface area contributed by atoms with Gasteiger partial charge in [0.05, 0.1) is 5.92 Å². The molecule has 4 heteroatoms. The van der Waals surface area contributed by atoms with Crippen LogP contribution in [0.5, 0.6) is 0 Å². The number of rotatable bonds is 4. The molecule has 0 saturated carbocycles. The first kappa shape index (κ1) is 14.5. The molecule has 19 heavy (non-hydrogen) atoms. The van der Waals surface area contributed by atoms with Crippen LogP contribution in [0, 0.1) is 5.41 Å². The van der Waals surface area contributed by atoms with Crippen LogP contribution < -0.4 is 0 Å². The molecule has 1 aliphatic heterocycles. The van der Waals surface area contributed by atoms with Crippen LogP contribution in [0.25, 0.3) is 0 Å². The van der Waals surface area contributed by atoms with E-state index in [1.54, 1.807) is 11.3 Å². The lowest BCUT2D eigenvalue weighted by molar-refractivity contribution is -0.135. The Morgan fingerprint density at radius 2 is 2.21 bits per heavy atom. The van der Waals surface area contributed by atoms with Gasteiger partial charge in [0, 0.05) is 19.7 Å². The van der Waals surface area contributed by atoms with E-state index in [9.17, 15) is 9.90 Å². The average molecular weight is 281 g/mol. The average Bonchev–Trinajstić information content (AvgIpc) is 3.00. The summed E-state index contributed by atoms with van der Waals surface area (Å²) in [6, 6.07) is 2.03. The molecule has 1 aromatic rings. The third-order valence-corrected chi connectivity index (χ3v) is 5.34. The molecule has 0 radical (unpaired) electrons. The van der Waals surface area contributed by atoms with Crippen molar-refractivity contribution in [2.45, 2.75) is 39.0 Å². The third-order valence-electron chi connectivity index (χ3n) is 4.63. The first-order chi connectivity index (χ1) is 9.12. The highest BCUT2D eigenvalue weighted by atomic mass is 32.1. The van der Waals surface area contributed by atoms with Crippen molar-refractivity contribution >= 4 is 17.2 Å². The Balaban J connectivity index is 1.96. The summed E-state index contributed by atoms with van der Waals surface area (Å²) in [5.74, 6) is 0.176. The number of thiophene rings is 1. The highest BCUT2D eigenvalue weighted by Crippen LogP contribution is 2.35. The molecule has 1 aliphatic rings. The Kier molecular flexibility index (Phi) is 4.63. The fourth-order valence-corrected chi connectivity index (χ4v) is 3.52. The number of hydrogen-bond donors (Lipinski definition) is 1. The second kappa shape index (κ2) is 6.06. The van der Waals surface area contributed by atoms with Crippen molar-refractivity contribution in [1.82, 2.24) is 4.90 Å². The second-order valence-corrected chi connectivity index (χ2v) is 6.40. The van der Waals surface area contributed by atoms with Crippen molar-refractivity contribution in [3.05, 3.63) is 22.4 Å². The van der Waals surface area contributed by atoms with Gasteiger partial charge in [-0.05, 0) is 54.0 Å². The van der Waals surface area contributed by atoms with Gasteiger partial charge in [-0.1, -0.05) is 6.92 Å². The van der Waals surface area contributed by atoms with E-state index in [1.807, 2.05) is 23.3 Å². The Morgan fingerprint density at radius 3 is 2.68 bits per heavy atom. The minimum atomic E-state index is -0.0468. The molecule has 0 spiro atoms. The number of hydrogen-bond acceptors (Lipinski definition) is 3. The number of nitrogens with zero attached hydrogens (tertiary/aromatic N) is 1. The van der Waals surface area contributed by atoms with E-state index in [0.717, 1.165) is 37.9 Å². The first-order valence-corrected chi connectivity index (χ1v) is 7.98. The van der Waals surface area contributed by atoms with Gasteiger partial charge in [-0.25, -0.2) is 0 Å². The SMILES string of the molecule is CCC1(CO)CCN(C(=O)C(C)c2ccsc2)CC1. The third kappa shape index (κ3) is 3.00. The van der Waals surface area contributed by atoms with Gasteiger partial charge in [0.1, 0.15) is 0 Å². The van der Waals surface area contributed by atoms with Gasteiger partial charge in [-0.15, -0.1) is 0 Å². The van der Waals surface area contributed by atoms with Crippen LogP contribution >= 0.6 is 11.3 Å². The first-order valence-electron chi connectivity index (χ1n) is 7.03. The van der Waals surface area contributed by atoms with Gasteiger partial charge >= 0.3 is 0 Å². The number of likely N-dealkylation sites (tertiary alicyclic amines) is 1. The topological polar surface area (TPSA) is 40.5 Å². The molecular formula is C15H23NO2S. The van der Waals surface area contributed by atoms with E-state index in [2.05, 4.69) is 12.3 Å². The Morgan fingerprint density at radius 1 is 1.53 bits per heavy atom. The normalized spacial score (nSPS) is 20.3. The molecule has 0 aromatic carbocycles.